The van der Waals surface area contributed by atoms with E-state index in [0.717, 1.165) is 16.1 Å². The first-order valence-electron chi connectivity index (χ1n) is 8.40. The molecule has 6 nitrogen and oxygen atoms in total. The van der Waals surface area contributed by atoms with E-state index in [1.54, 1.807) is 55.5 Å². The molecule has 0 aliphatic heterocycles. The normalized spacial score (nSPS) is 12.3. The molecule has 0 heterocycles. The summed E-state index contributed by atoms with van der Waals surface area (Å²) in [6.45, 7) is 3.96. The van der Waals surface area contributed by atoms with Crippen molar-refractivity contribution < 1.29 is 17.9 Å². The Morgan fingerprint density at radius 3 is 2.30 bits per heavy atom. The molecule has 8 heteroatoms. The number of carbonyl (C=O) groups is 1. The number of sulfonamides is 1. The van der Waals surface area contributed by atoms with E-state index >= 15 is 0 Å². The van der Waals surface area contributed by atoms with Crippen molar-refractivity contribution in [2.45, 2.75) is 19.9 Å². The number of nitrogens with one attached hydrogen (secondary N) is 1. The van der Waals surface area contributed by atoms with Gasteiger partial charge in [-0.05, 0) is 50.2 Å². The smallest absolute Gasteiger partial charge is 0.243 e. The van der Waals surface area contributed by atoms with Gasteiger partial charge in [0.1, 0.15) is 18.4 Å². The predicted molar refractivity (Wildman–Crippen MR) is 108 cm³/mol. The minimum Gasteiger partial charge on any atom is -0.492 e. The van der Waals surface area contributed by atoms with Crippen LogP contribution in [0.3, 0.4) is 0 Å². The Morgan fingerprint density at radius 1 is 1.15 bits per heavy atom. The zero-order chi connectivity index (χ0) is 20.0. The van der Waals surface area contributed by atoms with Gasteiger partial charge in [-0.2, -0.15) is 0 Å². The van der Waals surface area contributed by atoms with Crippen molar-refractivity contribution in [3.8, 4) is 5.75 Å². The summed E-state index contributed by atoms with van der Waals surface area (Å²) in [7, 11) is -3.62. The summed E-state index contributed by atoms with van der Waals surface area (Å²) in [5.74, 6) is 0.236. The molecule has 1 amide bonds. The van der Waals surface area contributed by atoms with Crippen LogP contribution in [0.25, 0.3) is 0 Å². The number of benzene rings is 2. The summed E-state index contributed by atoms with van der Waals surface area (Å²) in [4.78, 5) is 12.4. The van der Waals surface area contributed by atoms with Gasteiger partial charge in [0, 0.05) is 5.02 Å². The molecule has 0 saturated carbocycles. The Morgan fingerprint density at radius 2 is 1.74 bits per heavy atom. The number of carbonyl (C=O) groups excluding carboxylic acids is 1. The maximum absolute atomic E-state index is 12.4. The van der Waals surface area contributed by atoms with Gasteiger partial charge in [-0.25, -0.2) is 8.42 Å². The number of amides is 1. The second kappa shape index (κ2) is 9.10. The van der Waals surface area contributed by atoms with Gasteiger partial charge < -0.3 is 10.1 Å². The maximum atomic E-state index is 12.4. The molecular formula is C19H23ClN2O4S. The van der Waals surface area contributed by atoms with Crippen LogP contribution >= 0.6 is 11.6 Å². The molecule has 146 valence electrons. The predicted octanol–water partition coefficient (Wildman–Crippen LogP) is 3.00. The average molecular weight is 411 g/mol. The molecule has 2 aromatic rings. The molecule has 0 spiro atoms. The van der Waals surface area contributed by atoms with Crippen LogP contribution in [0.2, 0.25) is 5.02 Å². The molecule has 1 N–H and O–H groups in total. The lowest BCUT2D eigenvalue weighted by Crippen LogP contribution is -2.48. The van der Waals surface area contributed by atoms with Gasteiger partial charge in [-0.1, -0.05) is 29.3 Å². The minimum absolute atomic E-state index is 0.247. The Kier molecular flexibility index (Phi) is 7.10. The zero-order valence-electron chi connectivity index (χ0n) is 15.5. The van der Waals surface area contributed by atoms with E-state index in [1.165, 1.54) is 0 Å². The van der Waals surface area contributed by atoms with Crippen molar-refractivity contribution in [1.82, 2.24) is 5.32 Å². The number of aryl methyl sites for hydroxylation is 1. The van der Waals surface area contributed by atoms with E-state index in [4.69, 9.17) is 16.3 Å². The van der Waals surface area contributed by atoms with E-state index in [-0.39, 0.29) is 13.2 Å². The van der Waals surface area contributed by atoms with Gasteiger partial charge in [-0.15, -0.1) is 0 Å². The zero-order valence-corrected chi connectivity index (χ0v) is 17.0. The summed E-state index contributed by atoms with van der Waals surface area (Å²) in [6, 6.07) is 13.0. The fourth-order valence-electron chi connectivity index (χ4n) is 2.52. The fourth-order valence-corrected chi connectivity index (χ4v) is 3.82. The number of hydrogen-bond donors (Lipinski definition) is 1. The quantitative estimate of drug-likeness (QED) is 0.679. The van der Waals surface area contributed by atoms with Crippen molar-refractivity contribution in [1.29, 1.82) is 0 Å². The second-order valence-corrected chi connectivity index (χ2v) is 8.46. The number of hydrogen-bond acceptors (Lipinski definition) is 4. The van der Waals surface area contributed by atoms with Crippen LogP contribution in [0.15, 0.2) is 48.5 Å². The van der Waals surface area contributed by atoms with Crippen molar-refractivity contribution in [2.24, 2.45) is 0 Å². The van der Waals surface area contributed by atoms with Crippen molar-refractivity contribution >= 4 is 33.2 Å². The lowest BCUT2D eigenvalue weighted by Gasteiger charge is -2.28. The summed E-state index contributed by atoms with van der Waals surface area (Å²) < 4.78 is 31.1. The Hall–Kier alpha value is -2.25. The lowest BCUT2D eigenvalue weighted by atomic mass is 10.2. The molecule has 27 heavy (non-hydrogen) atoms. The summed E-state index contributed by atoms with van der Waals surface area (Å²) in [5, 5.41) is 3.31. The van der Waals surface area contributed by atoms with Crippen LogP contribution in [0.4, 0.5) is 5.69 Å². The Bertz CT molecular complexity index is 868. The number of rotatable bonds is 8. The van der Waals surface area contributed by atoms with Gasteiger partial charge in [0.15, 0.2) is 0 Å². The van der Waals surface area contributed by atoms with Gasteiger partial charge in [0.2, 0.25) is 15.9 Å². The number of ether oxygens (including phenoxy) is 1. The van der Waals surface area contributed by atoms with Crippen LogP contribution < -0.4 is 14.4 Å². The van der Waals surface area contributed by atoms with Gasteiger partial charge in [0.05, 0.1) is 18.5 Å². The molecule has 0 aromatic heterocycles. The van der Waals surface area contributed by atoms with Crippen molar-refractivity contribution in [3.63, 3.8) is 0 Å². The largest absolute Gasteiger partial charge is 0.492 e. The first-order chi connectivity index (χ1) is 12.7. The number of nitrogens with zero attached hydrogens (tertiary/aromatic N) is 1. The molecule has 0 bridgehead atoms. The van der Waals surface area contributed by atoms with Gasteiger partial charge >= 0.3 is 0 Å². The van der Waals surface area contributed by atoms with Gasteiger partial charge in [-0.3, -0.25) is 9.10 Å². The lowest BCUT2D eigenvalue weighted by molar-refractivity contribution is -0.121. The minimum atomic E-state index is -3.62. The van der Waals surface area contributed by atoms with Crippen LogP contribution in [0.1, 0.15) is 12.5 Å². The third-order valence-electron chi connectivity index (χ3n) is 3.86. The molecule has 2 aromatic carbocycles. The average Bonchev–Trinajstić information content (AvgIpc) is 2.60. The highest BCUT2D eigenvalue weighted by Crippen LogP contribution is 2.21. The molecule has 0 saturated heterocycles. The maximum Gasteiger partial charge on any atom is 0.243 e. The third-order valence-corrected chi connectivity index (χ3v) is 5.35. The standard InChI is InChI=1S/C19H23ClN2O4S/c1-14-4-8-17(9-5-14)22(27(3,24)25)15(2)19(23)21-12-13-26-18-10-6-16(20)7-11-18/h4-11,15H,12-13H2,1-3H3,(H,21,23)/t15-/m1/s1. The molecule has 0 aliphatic rings. The first kappa shape index (κ1) is 21.1. The summed E-state index contributed by atoms with van der Waals surface area (Å²) in [6.07, 6.45) is 1.08. The highest BCUT2D eigenvalue weighted by atomic mass is 35.5. The van der Waals surface area contributed by atoms with E-state index in [2.05, 4.69) is 5.32 Å². The van der Waals surface area contributed by atoms with E-state index in [0.29, 0.717) is 16.5 Å². The van der Waals surface area contributed by atoms with Crippen LogP contribution in [-0.4, -0.2) is 39.8 Å². The molecule has 2 rings (SSSR count). The second-order valence-electron chi connectivity index (χ2n) is 6.16. The summed E-state index contributed by atoms with van der Waals surface area (Å²) >= 11 is 5.81. The monoisotopic (exact) mass is 410 g/mol. The third kappa shape index (κ3) is 6.15. The van der Waals surface area contributed by atoms with Crippen molar-refractivity contribution in [2.75, 3.05) is 23.7 Å². The fraction of sp³-hybridized carbons (Fsp3) is 0.316. The van der Waals surface area contributed by atoms with Crippen LogP contribution in [0, 0.1) is 6.92 Å². The highest BCUT2D eigenvalue weighted by molar-refractivity contribution is 7.92. The number of anilines is 1. The molecule has 0 fully saturated rings. The van der Waals surface area contributed by atoms with Crippen molar-refractivity contribution in [3.05, 3.63) is 59.1 Å². The van der Waals surface area contributed by atoms with E-state index in [9.17, 15) is 13.2 Å². The Balaban J connectivity index is 1.96. The summed E-state index contributed by atoms with van der Waals surface area (Å²) in [5.41, 5.74) is 1.45. The van der Waals surface area contributed by atoms with E-state index < -0.39 is 22.0 Å². The molecule has 0 radical (unpaired) electrons. The number of halogens is 1. The molecule has 0 unspecified atom stereocenters. The molecular weight excluding hydrogens is 388 g/mol. The molecule has 1 atom stereocenters. The highest BCUT2D eigenvalue weighted by Gasteiger charge is 2.28. The Labute approximate surface area is 165 Å². The molecule has 0 aliphatic carbocycles. The van der Waals surface area contributed by atoms with Crippen LogP contribution in [-0.2, 0) is 14.8 Å². The van der Waals surface area contributed by atoms with Crippen LogP contribution in [0.5, 0.6) is 5.75 Å². The first-order valence-corrected chi connectivity index (χ1v) is 10.6. The van der Waals surface area contributed by atoms with Gasteiger partial charge in [0.25, 0.3) is 0 Å². The SMILES string of the molecule is Cc1ccc(N([C@H](C)C(=O)NCCOc2ccc(Cl)cc2)S(C)(=O)=O)cc1. The topological polar surface area (TPSA) is 75.7 Å². The van der Waals surface area contributed by atoms with E-state index in [1.807, 2.05) is 6.92 Å².